The highest BCUT2D eigenvalue weighted by Gasteiger charge is 2.46. The van der Waals surface area contributed by atoms with Crippen molar-refractivity contribution in [3.63, 3.8) is 0 Å². The number of aliphatic hydroxyl groups is 1. The summed E-state index contributed by atoms with van der Waals surface area (Å²) in [6, 6.07) is 7.74. The number of halogens is 3. The largest absolute Gasteiger partial charge is 0.478 e. The van der Waals surface area contributed by atoms with Crippen LogP contribution in [-0.2, 0) is 12.8 Å². The van der Waals surface area contributed by atoms with Crippen LogP contribution >= 0.6 is 0 Å². The maximum atomic E-state index is 14.5. The third-order valence-corrected chi connectivity index (χ3v) is 5.97. The molecule has 5 nitrogen and oxygen atoms in total. The highest BCUT2D eigenvalue weighted by atomic mass is 19.1. The number of para-hydroxylation sites is 1. The highest BCUT2D eigenvalue weighted by Crippen LogP contribution is 2.47. The third-order valence-electron chi connectivity index (χ3n) is 5.97. The fraction of sp³-hybridized carbons (Fsp3) is 0.409. The van der Waals surface area contributed by atoms with Crippen molar-refractivity contribution in [2.45, 2.75) is 43.4 Å². The maximum absolute atomic E-state index is 14.5. The number of ether oxygens (including phenoxy) is 1. The van der Waals surface area contributed by atoms with Gasteiger partial charge in [0.25, 0.3) is 0 Å². The second-order valence-corrected chi connectivity index (χ2v) is 7.95. The Hall–Kier alpha value is -2.74. The molecular weight excluding hydrogens is 397 g/mol. The van der Waals surface area contributed by atoms with Gasteiger partial charge in [-0.2, -0.15) is 0 Å². The summed E-state index contributed by atoms with van der Waals surface area (Å²) in [6.07, 6.45) is 0.765. The van der Waals surface area contributed by atoms with E-state index in [1.54, 1.807) is 18.2 Å². The predicted octanol–water partition coefficient (Wildman–Crippen LogP) is 3.76. The molecule has 2 aromatic carbocycles. The molecule has 8 heteroatoms. The number of fused-ring (bicyclic) bond motifs is 2. The van der Waals surface area contributed by atoms with Crippen LogP contribution in [0, 0.1) is 5.82 Å². The molecule has 30 heavy (non-hydrogen) atoms. The zero-order chi connectivity index (χ0) is 21.5. The average Bonchev–Trinajstić information content (AvgIpc) is 2.74. The van der Waals surface area contributed by atoms with Crippen LogP contribution in [0.1, 0.15) is 35.6 Å². The van der Waals surface area contributed by atoms with Gasteiger partial charge in [-0.15, -0.1) is 0 Å². The fourth-order valence-corrected chi connectivity index (χ4v) is 4.46. The first-order chi connectivity index (χ1) is 14.4. The molecule has 0 saturated carbocycles. The Kier molecular flexibility index (Phi) is 5.36. The van der Waals surface area contributed by atoms with Crippen LogP contribution < -0.4 is 15.4 Å². The lowest BCUT2D eigenvalue weighted by Gasteiger charge is -2.43. The molecule has 2 atom stereocenters. The minimum absolute atomic E-state index is 0.231. The number of hydrogen-bond donors (Lipinski definition) is 2. The Balaban J connectivity index is 1.88. The molecule has 1 heterocycles. The van der Waals surface area contributed by atoms with Gasteiger partial charge in [-0.1, -0.05) is 24.3 Å². The molecule has 0 unspecified atom stereocenters. The van der Waals surface area contributed by atoms with E-state index < -0.39 is 42.9 Å². The van der Waals surface area contributed by atoms with Gasteiger partial charge in [0.1, 0.15) is 13.3 Å². The van der Waals surface area contributed by atoms with Crippen molar-refractivity contribution < 1.29 is 27.8 Å². The van der Waals surface area contributed by atoms with Crippen LogP contribution in [0.2, 0.25) is 0 Å². The first kappa shape index (κ1) is 20.5. The summed E-state index contributed by atoms with van der Waals surface area (Å²) < 4.78 is 47.7. The van der Waals surface area contributed by atoms with Gasteiger partial charge in [0.2, 0.25) is 0 Å². The quantitative estimate of drug-likeness (QED) is 0.791. The molecule has 2 aliphatic rings. The van der Waals surface area contributed by atoms with Crippen LogP contribution in [0.5, 0.6) is 5.75 Å². The number of hydrogen-bond acceptors (Lipinski definition) is 3. The summed E-state index contributed by atoms with van der Waals surface area (Å²) in [6.45, 7) is -2.38. The summed E-state index contributed by atoms with van der Waals surface area (Å²) in [5.74, 6) is -1.04. The number of benzene rings is 2. The number of anilines is 1. The van der Waals surface area contributed by atoms with E-state index in [1.165, 1.54) is 11.0 Å². The normalized spacial score (nSPS) is 21.9. The molecule has 0 aromatic heterocycles. The predicted molar refractivity (Wildman–Crippen MR) is 106 cm³/mol. The van der Waals surface area contributed by atoms with Gasteiger partial charge in [0.05, 0.1) is 12.1 Å². The molecule has 1 aliphatic heterocycles. The summed E-state index contributed by atoms with van der Waals surface area (Å²) >= 11 is 0. The van der Waals surface area contributed by atoms with Gasteiger partial charge in [-0.25, -0.2) is 18.0 Å². The number of aryl methyl sites for hydroxylation is 1. The molecule has 0 spiro atoms. The van der Waals surface area contributed by atoms with Gasteiger partial charge in [0.15, 0.2) is 17.2 Å². The summed E-state index contributed by atoms with van der Waals surface area (Å²) in [5.41, 5.74) is 6.29. The van der Waals surface area contributed by atoms with Crippen LogP contribution in [0.3, 0.4) is 0 Å². The Bertz CT molecular complexity index is 965. The number of aliphatic hydroxyl groups excluding tert-OH is 1. The number of carbonyl (C=O) groups excluding carboxylic acids is 1. The summed E-state index contributed by atoms with van der Waals surface area (Å²) in [5, 5.41) is 10.2. The monoisotopic (exact) mass is 420 g/mol. The number of urea groups is 1. The van der Waals surface area contributed by atoms with Gasteiger partial charge < -0.3 is 15.6 Å². The molecule has 0 saturated heterocycles. The molecule has 0 radical (unpaired) electrons. The minimum atomic E-state index is -1.91. The molecule has 160 valence electrons. The van der Waals surface area contributed by atoms with E-state index in [4.69, 9.17) is 10.5 Å². The van der Waals surface area contributed by atoms with E-state index in [-0.39, 0.29) is 12.2 Å². The van der Waals surface area contributed by atoms with E-state index in [9.17, 15) is 23.1 Å². The standard InChI is InChI=1S/C22H23F3N2O3/c23-11-22(12-24)10-19(15-4-2-5-17(25)20(15)30-22)27(21(26)29)18-6-1-3-13-7-8-14(28)9-16(13)18/h1-6,14,19,28H,7-12H2,(H2,26,29)/t14-,19+/m0/s1. The Labute approximate surface area is 172 Å². The van der Waals surface area contributed by atoms with E-state index in [2.05, 4.69) is 0 Å². The number of alkyl halides is 2. The molecular formula is C22H23F3N2O3. The van der Waals surface area contributed by atoms with Crippen molar-refractivity contribution in [1.29, 1.82) is 0 Å². The summed E-state index contributed by atoms with van der Waals surface area (Å²) in [7, 11) is 0. The molecule has 0 fully saturated rings. The molecule has 2 aromatic rings. The number of nitrogens with two attached hydrogens (primary N) is 1. The van der Waals surface area contributed by atoms with Crippen molar-refractivity contribution in [2.24, 2.45) is 5.73 Å². The zero-order valence-corrected chi connectivity index (χ0v) is 16.3. The van der Waals surface area contributed by atoms with Gasteiger partial charge >= 0.3 is 6.03 Å². The lowest BCUT2D eigenvalue weighted by Crippen LogP contribution is -2.51. The van der Waals surface area contributed by atoms with Crippen molar-refractivity contribution >= 4 is 11.7 Å². The molecule has 3 N–H and O–H groups in total. The van der Waals surface area contributed by atoms with Crippen molar-refractivity contribution in [1.82, 2.24) is 0 Å². The highest BCUT2D eigenvalue weighted by molar-refractivity contribution is 5.93. The second kappa shape index (κ2) is 7.83. The van der Waals surface area contributed by atoms with Gasteiger partial charge in [-0.3, -0.25) is 4.90 Å². The van der Waals surface area contributed by atoms with E-state index in [0.717, 1.165) is 17.2 Å². The Morgan fingerprint density at radius 1 is 1.23 bits per heavy atom. The first-order valence-corrected chi connectivity index (χ1v) is 9.86. The lowest BCUT2D eigenvalue weighted by atomic mass is 9.85. The van der Waals surface area contributed by atoms with Crippen LogP contribution in [0.4, 0.5) is 23.7 Å². The average molecular weight is 420 g/mol. The van der Waals surface area contributed by atoms with Crippen LogP contribution in [0.25, 0.3) is 0 Å². The van der Waals surface area contributed by atoms with Crippen molar-refractivity contribution in [3.05, 3.63) is 58.9 Å². The molecule has 4 rings (SSSR count). The van der Waals surface area contributed by atoms with Crippen molar-refractivity contribution in [3.8, 4) is 5.75 Å². The minimum Gasteiger partial charge on any atom is -0.478 e. The number of primary amides is 1. The number of carbonyl (C=O) groups is 1. The fourth-order valence-electron chi connectivity index (χ4n) is 4.46. The molecule has 2 amide bonds. The zero-order valence-electron chi connectivity index (χ0n) is 16.3. The van der Waals surface area contributed by atoms with Gasteiger partial charge in [0, 0.05) is 24.1 Å². The number of nitrogens with zero attached hydrogens (tertiary/aromatic N) is 1. The molecule has 1 aliphatic carbocycles. The number of rotatable bonds is 4. The van der Waals surface area contributed by atoms with Crippen LogP contribution in [0.15, 0.2) is 36.4 Å². The second-order valence-electron chi connectivity index (χ2n) is 7.95. The lowest BCUT2D eigenvalue weighted by molar-refractivity contribution is -0.0111. The van der Waals surface area contributed by atoms with E-state index in [0.29, 0.717) is 30.5 Å². The first-order valence-electron chi connectivity index (χ1n) is 9.86. The van der Waals surface area contributed by atoms with Crippen LogP contribution in [-0.4, -0.2) is 36.2 Å². The van der Waals surface area contributed by atoms with Crippen molar-refractivity contribution in [2.75, 3.05) is 18.2 Å². The summed E-state index contributed by atoms with van der Waals surface area (Å²) in [4.78, 5) is 13.9. The number of amides is 2. The topological polar surface area (TPSA) is 75.8 Å². The van der Waals surface area contributed by atoms with E-state index in [1.807, 2.05) is 6.07 Å². The van der Waals surface area contributed by atoms with E-state index >= 15 is 0 Å². The van der Waals surface area contributed by atoms with Gasteiger partial charge in [-0.05, 0) is 36.1 Å². The Morgan fingerprint density at radius 2 is 1.97 bits per heavy atom. The SMILES string of the molecule is NC(=O)N(c1cccc2c1C[C@@H](O)CC2)[C@@H]1CC(CF)(CF)Oc2c(F)cccc21. The Morgan fingerprint density at radius 3 is 2.67 bits per heavy atom. The maximum Gasteiger partial charge on any atom is 0.319 e. The third kappa shape index (κ3) is 3.39. The smallest absolute Gasteiger partial charge is 0.319 e. The molecule has 0 bridgehead atoms.